The van der Waals surface area contributed by atoms with Crippen LogP contribution in [0.5, 0.6) is 0 Å². The van der Waals surface area contributed by atoms with Crippen molar-refractivity contribution in [2.75, 3.05) is 26.9 Å². The summed E-state index contributed by atoms with van der Waals surface area (Å²) < 4.78 is 10.7. The van der Waals surface area contributed by atoms with E-state index in [9.17, 15) is 9.90 Å². The van der Waals surface area contributed by atoms with E-state index in [1.54, 1.807) is 7.11 Å². The molecule has 0 aromatic carbocycles. The van der Waals surface area contributed by atoms with E-state index >= 15 is 0 Å². The average Bonchev–Trinajstić information content (AvgIpc) is 2.77. The topological polar surface area (TPSA) is 67.8 Å². The van der Waals surface area contributed by atoms with Crippen molar-refractivity contribution in [3.63, 3.8) is 0 Å². The van der Waals surface area contributed by atoms with Crippen molar-refractivity contribution in [1.82, 2.24) is 5.32 Å². The number of rotatable bonds is 9. The number of carboxylic acids is 1. The smallest absolute Gasteiger partial charge is 0.323 e. The maximum atomic E-state index is 11.4. The molecule has 1 fully saturated rings. The van der Waals surface area contributed by atoms with Gasteiger partial charge in [-0.15, -0.1) is 0 Å². The second-order valence-corrected chi connectivity index (χ2v) is 4.90. The number of hydrogen-bond donors (Lipinski definition) is 2. The number of carboxylic acid groups (broad SMARTS) is 1. The van der Waals surface area contributed by atoms with E-state index in [0.717, 1.165) is 25.8 Å². The fourth-order valence-corrected chi connectivity index (χ4v) is 2.39. The molecule has 0 saturated heterocycles. The van der Waals surface area contributed by atoms with Crippen molar-refractivity contribution in [2.24, 2.45) is 0 Å². The standard InChI is InChI=1S/C13H25NO4/c1-3-7-14-13(12(15)16)6-5-11(10-13)18-9-4-8-17-2/h11,14H,3-10H2,1-2H3,(H,15,16). The van der Waals surface area contributed by atoms with E-state index in [0.29, 0.717) is 26.1 Å². The van der Waals surface area contributed by atoms with E-state index in [2.05, 4.69) is 5.32 Å². The van der Waals surface area contributed by atoms with Crippen LogP contribution in [-0.4, -0.2) is 49.6 Å². The van der Waals surface area contributed by atoms with Crippen LogP contribution in [0.3, 0.4) is 0 Å². The van der Waals surface area contributed by atoms with E-state index in [-0.39, 0.29) is 6.10 Å². The summed E-state index contributed by atoms with van der Waals surface area (Å²) in [5.41, 5.74) is -0.776. The van der Waals surface area contributed by atoms with E-state index in [1.807, 2.05) is 6.92 Å². The van der Waals surface area contributed by atoms with Gasteiger partial charge >= 0.3 is 5.97 Å². The molecule has 2 unspecified atom stereocenters. The Labute approximate surface area is 109 Å². The van der Waals surface area contributed by atoms with Gasteiger partial charge in [0.1, 0.15) is 5.54 Å². The second kappa shape index (κ2) is 7.71. The Morgan fingerprint density at radius 1 is 1.50 bits per heavy atom. The molecule has 0 radical (unpaired) electrons. The highest BCUT2D eigenvalue weighted by molar-refractivity contribution is 5.79. The highest BCUT2D eigenvalue weighted by atomic mass is 16.5. The lowest BCUT2D eigenvalue weighted by atomic mass is 9.97. The lowest BCUT2D eigenvalue weighted by molar-refractivity contribution is -0.145. The van der Waals surface area contributed by atoms with E-state index in [1.165, 1.54) is 0 Å². The Balaban J connectivity index is 2.37. The summed E-state index contributed by atoms with van der Waals surface area (Å²) in [4.78, 5) is 11.4. The summed E-state index contributed by atoms with van der Waals surface area (Å²) in [5, 5.41) is 12.6. The normalized spacial score (nSPS) is 27.6. The van der Waals surface area contributed by atoms with Gasteiger partial charge < -0.3 is 19.9 Å². The maximum absolute atomic E-state index is 11.4. The molecule has 2 atom stereocenters. The maximum Gasteiger partial charge on any atom is 0.323 e. The zero-order chi connectivity index (χ0) is 13.4. The van der Waals surface area contributed by atoms with Crippen LogP contribution in [0.15, 0.2) is 0 Å². The van der Waals surface area contributed by atoms with Gasteiger partial charge in [0.2, 0.25) is 0 Å². The molecule has 1 rings (SSSR count). The largest absolute Gasteiger partial charge is 0.480 e. The van der Waals surface area contributed by atoms with Crippen molar-refractivity contribution in [2.45, 2.75) is 50.7 Å². The second-order valence-electron chi connectivity index (χ2n) is 4.90. The van der Waals surface area contributed by atoms with Crippen LogP contribution in [0.25, 0.3) is 0 Å². The summed E-state index contributed by atoms with van der Waals surface area (Å²) in [6.45, 7) is 4.10. The molecule has 2 N–H and O–H groups in total. The van der Waals surface area contributed by atoms with Crippen LogP contribution >= 0.6 is 0 Å². The quantitative estimate of drug-likeness (QED) is 0.613. The summed E-state index contributed by atoms with van der Waals surface area (Å²) in [5.74, 6) is -0.751. The molecule has 0 bridgehead atoms. The number of ether oxygens (including phenoxy) is 2. The number of nitrogens with one attached hydrogen (secondary N) is 1. The minimum Gasteiger partial charge on any atom is -0.480 e. The predicted molar refractivity (Wildman–Crippen MR) is 68.7 cm³/mol. The molecule has 1 saturated carbocycles. The van der Waals surface area contributed by atoms with Crippen molar-refractivity contribution < 1.29 is 19.4 Å². The highest BCUT2D eigenvalue weighted by Gasteiger charge is 2.45. The van der Waals surface area contributed by atoms with Gasteiger partial charge in [-0.2, -0.15) is 0 Å². The number of aliphatic carboxylic acids is 1. The Hall–Kier alpha value is -0.650. The molecule has 5 heteroatoms. The van der Waals surface area contributed by atoms with Crippen molar-refractivity contribution >= 4 is 5.97 Å². The Kier molecular flexibility index (Phi) is 6.60. The molecule has 0 amide bonds. The van der Waals surface area contributed by atoms with Crippen molar-refractivity contribution in [3.05, 3.63) is 0 Å². The molecule has 18 heavy (non-hydrogen) atoms. The van der Waals surface area contributed by atoms with E-state index in [4.69, 9.17) is 9.47 Å². The summed E-state index contributed by atoms with van der Waals surface area (Å²) >= 11 is 0. The van der Waals surface area contributed by atoms with Gasteiger partial charge in [-0.3, -0.25) is 4.79 Å². The molecule has 0 aromatic rings. The lowest BCUT2D eigenvalue weighted by Gasteiger charge is -2.25. The zero-order valence-corrected chi connectivity index (χ0v) is 11.4. The minimum atomic E-state index is -0.776. The average molecular weight is 259 g/mol. The molecule has 0 aromatic heterocycles. The molecule has 1 aliphatic carbocycles. The lowest BCUT2D eigenvalue weighted by Crippen LogP contribution is -2.50. The van der Waals surface area contributed by atoms with Crippen LogP contribution in [0.4, 0.5) is 0 Å². The van der Waals surface area contributed by atoms with Crippen LogP contribution in [-0.2, 0) is 14.3 Å². The molecular weight excluding hydrogens is 234 g/mol. The molecule has 106 valence electrons. The monoisotopic (exact) mass is 259 g/mol. The van der Waals surface area contributed by atoms with Crippen LogP contribution in [0.1, 0.15) is 39.0 Å². The number of carbonyl (C=O) groups is 1. The van der Waals surface area contributed by atoms with Crippen molar-refractivity contribution in [1.29, 1.82) is 0 Å². The van der Waals surface area contributed by atoms with Gasteiger partial charge in [-0.05, 0) is 32.2 Å². The molecule has 0 spiro atoms. The molecule has 1 aliphatic rings. The minimum absolute atomic E-state index is 0.0577. The Morgan fingerprint density at radius 3 is 2.89 bits per heavy atom. The zero-order valence-electron chi connectivity index (χ0n) is 11.4. The van der Waals surface area contributed by atoms with E-state index < -0.39 is 11.5 Å². The van der Waals surface area contributed by atoms with Crippen LogP contribution < -0.4 is 5.32 Å². The fourth-order valence-electron chi connectivity index (χ4n) is 2.39. The number of hydrogen-bond acceptors (Lipinski definition) is 4. The summed E-state index contributed by atoms with van der Waals surface area (Å²) in [7, 11) is 1.67. The Morgan fingerprint density at radius 2 is 2.28 bits per heavy atom. The third kappa shape index (κ3) is 4.23. The first kappa shape index (κ1) is 15.4. The number of methoxy groups -OCH3 is 1. The summed E-state index contributed by atoms with van der Waals surface area (Å²) in [6.07, 6.45) is 3.88. The molecule has 5 nitrogen and oxygen atoms in total. The highest BCUT2D eigenvalue weighted by Crippen LogP contribution is 2.32. The van der Waals surface area contributed by atoms with Gasteiger partial charge in [0.15, 0.2) is 0 Å². The van der Waals surface area contributed by atoms with Crippen LogP contribution in [0.2, 0.25) is 0 Å². The first-order valence-electron chi connectivity index (χ1n) is 6.73. The van der Waals surface area contributed by atoms with Gasteiger partial charge in [-0.25, -0.2) is 0 Å². The van der Waals surface area contributed by atoms with Gasteiger partial charge in [-0.1, -0.05) is 6.92 Å². The first-order chi connectivity index (χ1) is 8.64. The van der Waals surface area contributed by atoms with Gasteiger partial charge in [0.25, 0.3) is 0 Å². The first-order valence-corrected chi connectivity index (χ1v) is 6.73. The van der Waals surface area contributed by atoms with Gasteiger partial charge in [0.05, 0.1) is 6.10 Å². The SMILES string of the molecule is CCCNC1(C(=O)O)CCC(OCCCOC)C1. The summed E-state index contributed by atoms with van der Waals surface area (Å²) in [6, 6.07) is 0. The molecule has 0 heterocycles. The van der Waals surface area contributed by atoms with Gasteiger partial charge in [0, 0.05) is 26.7 Å². The molecular formula is C13H25NO4. The Bertz CT molecular complexity index is 259. The predicted octanol–water partition coefficient (Wildman–Crippen LogP) is 1.41. The van der Waals surface area contributed by atoms with Crippen LogP contribution in [0, 0.1) is 0 Å². The fraction of sp³-hybridized carbons (Fsp3) is 0.923. The van der Waals surface area contributed by atoms with Crippen molar-refractivity contribution in [3.8, 4) is 0 Å². The third-order valence-corrected chi connectivity index (χ3v) is 3.44. The molecule has 0 aliphatic heterocycles. The third-order valence-electron chi connectivity index (χ3n) is 3.44.